The molecule has 1 N–H and O–H groups in total. The van der Waals surface area contributed by atoms with Crippen molar-refractivity contribution in [3.8, 4) is 5.69 Å². The van der Waals surface area contributed by atoms with Crippen LogP contribution in [0.3, 0.4) is 0 Å². The zero-order chi connectivity index (χ0) is 18.7. The lowest BCUT2D eigenvalue weighted by Crippen LogP contribution is -2.15. The number of benzene rings is 2. The van der Waals surface area contributed by atoms with Crippen LogP contribution in [0.5, 0.6) is 0 Å². The van der Waals surface area contributed by atoms with Crippen molar-refractivity contribution in [2.75, 3.05) is 5.32 Å². The summed E-state index contributed by atoms with van der Waals surface area (Å²) in [6.45, 7) is 8.18. The second kappa shape index (κ2) is 7.56. The molecule has 0 radical (unpaired) electrons. The number of carbonyl (C=O) groups excluding carboxylic acids is 1. The van der Waals surface area contributed by atoms with Crippen molar-refractivity contribution in [3.63, 3.8) is 0 Å². The number of nitrogens with one attached hydrogen (secondary N) is 1. The van der Waals surface area contributed by atoms with Gasteiger partial charge in [0.1, 0.15) is 0 Å². The zero-order valence-corrected chi connectivity index (χ0v) is 15.8. The monoisotopic (exact) mass is 347 g/mol. The summed E-state index contributed by atoms with van der Waals surface area (Å²) in [6, 6.07) is 14.3. The molecule has 134 valence electrons. The van der Waals surface area contributed by atoms with Gasteiger partial charge in [-0.25, -0.2) is 4.68 Å². The molecule has 0 bridgehead atoms. The summed E-state index contributed by atoms with van der Waals surface area (Å²) in [5.74, 6) is -0.114. The number of aromatic nitrogens is 2. The molecule has 0 unspecified atom stereocenters. The smallest absolute Gasteiger partial charge is 0.259 e. The van der Waals surface area contributed by atoms with Crippen LogP contribution in [0.2, 0.25) is 0 Å². The molecule has 4 heteroatoms. The molecule has 0 aliphatic carbocycles. The Hall–Kier alpha value is -2.88. The van der Waals surface area contributed by atoms with Crippen molar-refractivity contribution < 1.29 is 4.79 Å². The molecule has 26 heavy (non-hydrogen) atoms. The van der Waals surface area contributed by atoms with Gasteiger partial charge in [-0.15, -0.1) is 0 Å². The van der Waals surface area contributed by atoms with Gasteiger partial charge in [0, 0.05) is 5.69 Å². The van der Waals surface area contributed by atoms with E-state index in [9.17, 15) is 4.79 Å². The SMILES string of the molecule is CCc1cccc(CC)c1NC(=O)c1cnn(-c2cccc(C)c2)c1C. The van der Waals surface area contributed by atoms with Crippen molar-refractivity contribution in [1.29, 1.82) is 0 Å². The molecule has 2 aromatic carbocycles. The van der Waals surface area contributed by atoms with E-state index in [2.05, 4.69) is 42.5 Å². The van der Waals surface area contributed by atoms with Gasteiger partial charge in [-0.3, -0.25) is 4.79 Å². The number of carbonyl (C=O) groups is 1. The maximum absolute atomic E-state index is 12.9. The minimum absolute atomic E-state index is 0.114. The summed E-state index contributed by atoms with van der Waals surface area (Å²) < 4.78 is 1.81. The maximum atomic E-state index is 12.9. The number of amides is 1. The van der Waals surface area contributed by atoms with Crippen LogP contribution >= 0.6 is 0 Å². The minimum atomic E-state index is -0.114. The first-order chi connectivity index (χ1) is 12.5. The Morgan fingerprint density at radius 1 is 1.04 bits per heavy atom. The number of rotatable bonds is 5. The predicted octanol–water partition coefficient (Wildman–Crippen LogP) is 4.87. The van der Waals surface area contributed by atoms with E-state index in [4.69, 9.17) is 0 Å². The highest BCUT2D eigenvalue weighted by Gasteiger charge is 2.17. The molecule has 0 aliphatic heterocycles. The van der Waals surface area contributed by atoms with E-state index in [-0.39, 0.29) is 5.91 Å². The van der Waals surface area contributed by atoms with E-state index in [0.29, 0.717) is 5.56 Å². The van der Waals surface area contributed by atoms with Crippen LogP contribution < -0.4 is 5.32 Å². The van der Waals surface area contributed by atoms with E-state index in [1.165, 1.54) is 0 Å². The first kappa shape index (κ1) is 17.9. The summed E-state index contributed by atoms with van der Waals surface area (Å²) in [5.41, 5.74) is 6.80. The van der Waals surface area contributed by atoms with Crippen molar-refractivity contribution in [1.82, 2.24) is 9.78 Å². The molecule has 1 heterocycles. The van der Waals surface area contributed by atoms with E-state index in [0.717, 1.165) is 46.6 Å². The summed E-state index contributed by atoms with van der Waals surface area (Å²) in [4.78, 5) is 12.9. The summed E-state index contributed by atoms with van der Waals surface area (Å²) in [5, 5.41) is 7.55. The number of hydrogen-bond donors (Lipinski definition) is 1. The van der Waals surface area contributed by atoms with Crippen LogP contribution in [0.1, 0.15) is 46.6 Å². The number of aryl methyl sites for hydroxylation is 3. The molecule has 0 atom stereocenters. The lowest BCUT2D eigenvalue weighted by molar-refractivity contribution is 0.102. The highest BCUT2D eigenvalue weighted by atomic mass is 16.1. The predicted molar refractivity (Wildman–Crippen MR) is 106 cm³/mol. The van der Waals surface area contributed by atoms with Gasteiger partial charge in [-0.05, 0) is 55.5 Å². The first-order valence-electron chi connectivity index (χ1n) is 9.08. The third kappa shape index (κ3) is 3.40. The van der Waals surface area contributed by atoms with Crippen LogP contribution in [-0.2, 0) is 12.8 Å². The van der Waals surface area contributed by atoms with Gasteiger partial charge < -0.3 is 5.32 Å². The van der Waals surface area contributed by atoms with Gasteiger partial charge in [0.2, 0.25) is 0 Å². The molecule has 1 aromatic heterocycles. The average Bonchev–Trinajstić information content (AvgIpc) is 3.03. The number of hydrogen-bond acceptors (Lipinski definition) is 2. The number of nitrogens with zero attached hydrogens (tertiary/aromatic N) is 2. The Morgan fingerprint density at radius 2 is 1.69 bits per heavy atom. The molecule has 0 aliphatic rings. The maximum Gasteiger partial charge on any atom is 0.259 e. The molecular formula is C22H25N3O. The first-order valence-corrected chi connectivity index (χ1v) is 9.08. The molecule has 0 saturated heterocycles. The Balaban J connectivity index is 1.93. The van der Waals surface area contributed by atoms with Crippen LogP contribution in [0, 0.1) is 13.8 Å². The Kier molecular flexibility index (Phi) is 5.21. The van der Waals surface area contributed by atoms with Crippen molar-refractivity contribution in [2.24, 2.45) is 0 Å². The molecule has 0 spiro atoms. The minimum Gasteiger partial charge on any atom is -0.321 e. The van der Waals surface area contributed by atoms with Crippen molar-refractivity contribution >= 4 is 11.6 Å². The van der Waals surface area contributed by atoms with E-state index in [1.54, 1.807) is 6.20 Å². The molecule has 3 aromatic rings. The van der Waals surface area contributed by atoms with Gasteiger partial charge >= 0.3 is 0 Å². The Bertz CT molecular complexity index is 918. The number of anilines is 1. The van der Waals surface area contributed by atoms with Gasteiger partial charge in [-0.2, -0.15) is 5.10 Å². The van der Waals surface area contributed by atoms with Gasteiger partial charge in [0.15, 0.2) is 0 Å². The quantitative estimate of drug-likeness (QED) is 0.716. The lowest BCUT2D eigenvalue weighted by atomic mass is 10.0. The molecule has 4 nitrogen and oxygen atoms in total. The second-order valence-corrected chi connectivity index (χ2v) is 6.51. The highest BCUT2D eigenvalue weighted by Crippen LogP contribution is 2.24. The Morgan fingerprint density at radius 3 is 2.31 bits per heavy atom. The topological polar surface area (TPSA) is 46.9 Å². The van der Waals surface area contributed by atoms with Gasteiger partial charge in [-0.1, -0.05) is 44.2 Å². The van der Waals surface area contributed by atoms with Crippen molar-refractivity contribution in [2.45, 2.75) is 40.5 Å². The molecule has 1 amide bonds. The van der Waals surface area contributed by atoms with E-state index >= 15 is 0 Å². The van der Waals surface area contributed by atoms with Crippen LogP contribution in [-0.4, -0.2) is 15.7 Å². The Labute approximate surface area is 154 Å². The normalized spacial score (nSPS) is 10.8. The van der Waals surface area contributed by atoms with Crippen LogP contribution in [0.15, 0.2) is 48.7 Å². The molecule has 0 saturated carbocycles. The molecule has 0 fully saturated rings. The fraction of sp³-hybridized carbons (Fsp3) is 0.273. The van der Waals surface area contributed by atoms with E-state index < -0.39 is 0 Å². The summed E-state index contributed by atoms with van der Waals surface area (Å²) >= 11 is 0. The third-order valence-electron chi connectivity index (χ3n) is 4.74. The fourth-order valence-electron chi connectivity index (χ4n) is 3.24. The van der Waals surface area contributed by atoms with Crippen LogP contribution in [0.4, 0.5) is 5.69 Å². The van der Waals surface area contributed by atoms with Crippen molar-refractivity contribution in [3.05, 3.63) is 76.6 Å². The second-order valence-electron chi connectivity index (χ2n) is 6.51. The molecule has 3 rings (SSSR count). The van der Waals surface area contributed by atoms with Gasteiger partial charge in [0.25, 0.3) is 5.91 Å². The fourth-order valence-corrected chi connectivity index (χ4v) is 3.24. The largest absolute Gasteiger partial charge is 0.321 e. The highest BCUT2D eigenvalue weighted by molar-refractivity contribution is 6.05. The van der Waals surface area contributed by atoms with Crippen LogP contribution in [0.25, 0.3) is 5.69 Å². The summed E-state index contributed by atoms with van der Waals surface area (Å²) in [6.07, 6.45) is 3.41. The summed E-state index contributed by atoms with van der Waals surface area (Å²) in [7, 11) is 0. The van der Waals surface area contributed by atoms with Gasteiger partial charge in [0.05, 0.1) is 23.1 Å². The third-order valence-corrected chi connectivity index (χ3v) is 4.74. The molecular weight excluding hydrogens is 322 g/mol. The average molecular weight is 347 g/mol. The lowest BCUT2D eigenvalue weighted by Gasteiger charge is -2.14. The number of para-hydroxylation sites is 1. The van der Waals surface area contributed by atoms with E-state index in [1.807, 2.05) is 42.8 Å². The zero-order valence-electron chi connectivity index (χ0n) is 15.8. The standard InChI is InChI=1S/C22H25N3O/c1-5-17-10-8-11-18(6-2)21(17)24-22(26)20-14-23-25(16(20)4)19-12-7-9-15(3)13-19/h7-14H,5-6H2,1-4H3,(H,24,26).